The first kappa shape index (κ1) is 14.7. The van der Waals surface area contributed by atoms with E-state index in [-0.39, 0.29) is 24.1 Å². The molecule has 0 unspecified atom stereocenters. The summed E-state index contributed by atoms with van der Waals surface area (Å²) >= 11 is 0. The van der Waals surface area contributed by atoms with E-state index in [4.69, 9.17) is 0 Å². The Morgan fingerprint density at radius 3 is 2.80 bits per heavy atom. The van der Waals surface area contributed by atoms with Gasteiger partial charge in [0, 0.05) is 30.4 Å². The monoisotopic (exact) mass is 279 g/mol. The van der Waals surface area contributed by atoms with Crippen LogP contribution in [0.5, 0.6) is 0 Å². The smallest absolute Gasteiger partial charge is 0.254 e. The lowest BCUT2D eigenvalue weighted by molar-refractivity contribution is 0.0539. The summed E-state index contributed by atoms with van der Waals surface area (Å²) in [5.41, 5.74) is 0.0873. The molecule has 1 aromatic heterocycles. The minimum absolute atomic E-state index is 0.0682. The summed E-state index contributed by atoms with van der Waals surface area (Å²) in [5.74, 6) is -0.181. The molecule has 110 valence electrons. The van der Waals surface area contributed by atoms with Crippen LogP contribution in [0.4, 0.5) is 0 Å². The molecule has 1 saturated heterocycles. The molecule has 2 N–H and O–H groups in total. The minimum Gasteiger partial charge on any atom is -0.395 e. The number of aromatic nitrogens is 1. The zero-order valence-corrected chi connectivity index (χ0v) is 11.7. The number of nitrogens with zero attached hydrogens (tertiary/aromatic N) is 2. The van der Waals surface area contributed by atoms with Gasteiger partial charge in [-0.15, -0.1) is 0 Å². The quantitative estimate of drug-likeness (QED) is 0.807. The van der Waals surface area contributed by atoms with Gasteiger partial charge in [-0.3, -0.25) is 9.59 Å². The number of carbonyl (C=O) groups is 1. The number of H-pyrrole nitrogens is 1. The van der Waals surface area contributed by atoms with Crippen molar-refractivity contribution < 1.29 is 9.90 Å². The molecule has 1 aliphatic rings. The van der Waals surface area contributed by atoms with Gasteiger partial charge < -0.3 is 19.9 Å². The second-order valence-electron chi connectivity index (χ2n) is 5.20. The molecule has 2 rings (SSSR count). The van der Waals surface area contributed by atoms with Crippen molar-refractivity contribution in [2.45, 2.75) is 18.9 Å². The number of carbonyl (C=O) groups excluding carboxylic acids is 1. The Morgan fingerprint density at radius 2 is 2.20 bits per heavy atom. The van der Waals surface area contributed by atoms with Crippen molar-refractivity contribution in [3.63, 3.8) is 0 Å². The number of piperidine rings is 1. The first-order valence-electron chi connectivity index (χ1n) is 6.91. The van der Waals surface area contributed by atoms with Crippen LogP contribution in [0.25, 0.3) is 0 Å². The average Bonchev–Trinajstić information content (AvgIpc) is 2.45. The molecule has 1 aromatic rings. The van der Waals surface area contributed by atoms with Crippen LogP contribution in [0, 0.1) is 0 Å². The van der Waals surface area contributed by atoms with Gasteiger partial charge in [-0.05, 0) is 39.0 Å². The molecule has 0 aliphatic carbocycles. The molecule has 2 heterocycles. The highest BCUT2D eigenvalue weighted by molar-refractivity contribution is 5.94. The Kier molecular flexibility index (Phi) is 4.92. The molecule has 0 radical (unpaired) electrons. The van der Waals surface area contributed by atoms with Crippen LogP contribution in [0.15, 0.2) is 23.1 Å². The molecule has 0 aromatic carbocycles. The van der Waals surface area contributed by atoms with E-state index >= 15 is 0 Å². The van der Waals surface area contributed by atoms with Crippen molar-refractivity contribution in [2.75, 3.05) is 33.3 Å². The third-order valence-corrected chi connectivity index (χ3v) is 3.75. The van der Waals surface area contributed by atoms with Gasteiger partial charge in [0.15, 0.2) is 0 Å². The van der Waals surface area contributed by atoms with E-state index < -0.39 is 0 Å². The number of rotatable bonds is 4. The Labute approximate surface area is 118 Å². The third kappa shape index (κ3) is 3.46. The second kappa shape index (κ2) is 6.67. The number of aliphatic hydroxyl groups is 1. The van der Waals surface area contributed by atoms with E-state index in [0.29, 0.717) is 12.1 Å². The van der Waals surface area contributed by atoms with Crippen molar-refractivity contribution >= 4 is 5.91 Å². The maximum Gasteiger partial charge on any atom is 0.254 e. The van der Waals surface area contributed by atoms with E-state index in [9.17, 15) is 14.7 Å². The second-order valence-corrected chi connectivity index (χ2v) is 5.20. The molecule has 1 amide bonds. The summed E-state index contributed by atoms with van der Waals surface area (Å²) < 4.78 is 0. The first-order chi connectivity index (χ1) is 9.61. The zero-order chi connectivity index (χ0) is 14.5. The zero-order valence-electron chi connectivity index (χ0n) is 11.7. The van der Waals surface area contributed by atoms with Crippen LogP contribution < -0.4 is 5.56 Å². The van der Waals surface area contributed by atoms with Crippen molar-refractivity contribution in [3.05, 3.63) is 34.2 Å². The fraction of sp³-hybridized carbons (Fsp3) is 0.571. The number of aromatic amines is 1. The molecule has 6 nitrogen and oxygen atoms in total. The van der Waals surface area contributed by atoms with Crippen molar-refractivity contribution in [2.24, 2.45) is 0 Å². The van der Waals surface area contributed by atoms with E-state index in [2.05, 4.69) is 16.9 Å². The number of amides is 1. The standard InChI is InChI=1S/C14H21N3O3/c1-16-6-3-12(4-7-16)17(8-9-18)14(20)11-2-5-15-13(19)10-11/h2,5,10,12,18H,3-4,6-9H2,1H3,(H,15,19). The van der Waals surface area contributed by atoms with Gasteiger partial charge in [-0.1, -0.05) is 0 Å². The minimum atomic E-state index is -0.289. The Bertz CT molecular complexity index is 506. The number of hydrogen-bond acceptors (Lipinski definition) is 4. The van der Waals surface area contributed by atoms with Crippen molar-refractivity contribution in [1.29, 1.82) is 0 Å². The van der Waals surface area contributed by atoms with Crippen LogP contribution in [-0.4, -0.2) is 65.1 Å². The molecular weight excluding hydrogens is 258 g/mol. The lowest BCUT2D eigenvalue weighted by Crippen LogP contribution is -2.47. The van der Waals surface area contributed by atoms with Gasteiger partial charge in [0.05, 0.1) is 6.61 Å². The molecular formula is C14H21N3O3. The molecule has 0 saturated carbocycles. The highest BCUT2D eigenvalue weighted by atomic mass is 16.3. The maximum atomic E-state index is 12.5. The molecule has 6 heteroatoms. The molecule has 0 bridgehead atoms. The van der Waals surface area contributed by atoms with Crippen molar-refractivity contribution in [3.8, 4) is 0 Å². The van der Waals surface area contributed by atoms with Crippen LogP contribution in [0.2, 0.25) is 0 Å². The van der Waals surface area contributed by atoms with Crippen molar-refractivity contribution in [1.82, 2.24) is 14.8 Å². The fourth-order valence-electron chi connectivity index (χ4n) is 2.61. The van der Waals surface area contributed by atoms with Crippen LogP contribution in [-0.2, 0) is 0 Å². The van der Waals surface area contributed by atoms with E-state index in [1.165, 1.54) is 12.3 Å². The summed E-state index contributed by atoms with van der Waals surface area (Å²) in [7, 11) is 2.06. The normalized spacial score (nSPS) is 17.1. The lowest BCUT2D eigenvalue weighted by Gasteiger charge is -2.37. The van der Waals surface area contributed by atoms with Gasteiger partial charge in [-0.25, -0.2) is 0 Å². The van der Waals surface area contributed by atoms with Crippen LogP contribution in [0.3, 0.4) is 0 Å². The Hall–Kier alpha value is -1.66. The molecule has 0 atom stereocenters. The third-order valence-electron chi connectivity index (χ3n) is 3.75. The Morgan fingerprint density at radius 1 is 1.50 bits per heavy atom. The number of likely N-dealkylation sites (tertiary alicyclic amines) is 1. The molecule has 1 aliphatic heterocycles. The lowest BCUT2D eigenvalue weighted by atomic mass is 10.0. The number of hydrogen-bond donors (Lipinski definition) is 2. The maximum absolute atomic E-state index is 12.5. The summed E-state index contributed by atoms with van der Waals surface area (Å²) in [5, 5.41) is 9.20. The summed E-state index contributed by atoms with van der Waals surface area (Å²) in [6.45, 7) is 2.12. The number of nitrogens with one attached hydrogen (secondary N) is 1. The topological polar surface area (TPSA) is 76.6 Å². The SMILES string of the molecule is CN1CCC(N(CCO)C(=O)c2cc[nH]c(=O)c2)CC1. The van der Waals surface area contributed by atoms with Gasteiger partial charge >= 0.3 is 0 Å². The Balaban J connectivity index is 2.15. The predicted octanol–water partition coefficient (Wildman–Crippen LogP) is -0.0964. The van der Waals surface area contributed by atoms with E-state index in [1.807, 2.05) is 0 Å². The number of aliphatic hydroxyl groups excluding tert-OH is 1. The summed E-state index contributed by atoms with van der Waals surface area (Å²) in [4.78, 5) is 30.3. The molecule has 20 heavy (non-hydrogen) atoms. The van der Waals surface area contributed by atoms with Gasteiger partial charge in [0.1, 0.15) is 0 Å². The fourth-order valence-corrected chi connectivity index (χ4v) is 2.61. The van der Waals surface area contributed by atoms with Gasteiger partial charge in [0.2, 0.25) is 5.56 Å². The van der Waals surface area contributed by atoms with Gasteiger partial charge in [-0.2, -0.15) is 0 Å². The highest BCUT2D eigenvalue weighted by Crippen LogP contribution is 2.17. The average molecular weight is 279 g/mol. The molecule has 0 spiro atoms. The molecule has 1 fully saturated rings. The highest BCUT2D eigenvalue weighted by Gasteiger charge is 2.27. The van der Waals surface area contributed by atoms with Crippen LogP contribution in [0.1, 0.15) is 23.2 Å². The summed E-state index contributed by atoms with van der Waals surface area (Å²) in [6.07, 6.45) is 3.26. The first-order valence-corrected chi connectivity index (χ1v) is 6.91. The van der Waals surface area contributed by atoms with Gasteiger partial charge in [0.25, 0.3) is 5.91 Å². The van der Waals surface area contributed by atoms with Crippen LogP contribution >= 0.6 is 0 Å². The van der Waals surface area contributed by atoms with E-state index in [0.717, 1.165) is 25.9 Å². The number of pyridine rings is 1. The van der Waals surface area contributed by atoms with E-state index in [1.54, 1.807) is 11.0 Å². The largest absolute Gasteiger partial charge is 0.395 e. The predicted molar refractivity (Wildman–Crippen MR) is 75.7 cm³/mol. The summed E-state index contributed by atoms with van der Waals surface area (Å²) in [6, 6.07) is 3.04.